The van der Waals surface area contributed by atoms with E-state index in [1.165, 1.54) is 21.9 Å². The summed E-state index contributed by atoms with van der Waals surface area (Å²) in [5.74, 6) is -0.259. The molecule has 8 heteroatoms. The van der Waals surface area contributed by atoms with Gasteiger partial charge < -0.3 is 0 Å². The van der Waals surface area contributed by atoms with Crippen LogP contribution in [0.4, 0.5) is 10.8 Å². The quantitative estimate of drug-likeness (QED) is 0.651. The maximum absolute atomic E-state index is 12.8. The molecular formula is C22H23N3O3S2. The number of benzene rings is 2. The molecule has 1 N–H and O–H groups in total. The molecule has 0 radical (unpaired) electrons. The maximum Gasteiger partial charge on any atom is 0.257 e. The Morgan fingerprint density at radius 3 is 2.70 bits per heavy atom. The van der Waals surface area contributed by atoms with Crippen molar-refractivity contribution in [2.45, 2.75) is 33.2 Å². The van der Waals surface area contributed by atoms with Crippen molar-refractivity contribution in [2.24, 2.45) is 0 Å². The zero-order valence-corrected chi connectivity index (χ0v) is 18.9. The van der Waals surface area contributed by atoms with Gasteiger partial charge >= 0.3 is 0 Å². The Kier molecular flexibility index (Phi) is 5.15. The third kappa shape index (κ3) is 3.85. The van der Waals surface area contributed by atoms with Gasteiger partial charge in [0.15, 0.2) is 5.13 Å². The van der Waals surface area contributed by atoms with Crippen LogP contribution in [0.5, 0.6) is 0 Å². The zero-order valence-electron chi connectivity index (χ0n) is 17.3. The summed E-state index contributed by atoms with van der Waals surface area (Å²) in [6, 6.07) is 11.2. The first-order chi connectivity index (χ1) is 14.1. The van der Waals surface area contributed by atoms with E-state index in [0.717, 1.165) is 27.9 Å². The molecule has 1 aromatic heterocycles. The minimum absolute atomic E-state index is 0.160. The van der Waals surface area contributed by atoms with Crippen LogP contribution in [-0.2, 0) is 16.4 Å². The van der Waals surface area contributed by atoms with Crippen molar-refractivity contribution in [2.75, 3.05) is 15.9 Å². The van der Waals surface area contributed by atoms with Crippen LogP contribution in [0.2, 0.25) is 0 Å². The van der Waals surface area contributed by atoms with E-state index in [4.69, 9.17) is 0 Å². The van der Waals surface area contributed by atoms with Gasteiger partial charge in [0.1, 0.15) is 0 Å². The number of nitrogens with zero attached hydrogens (tertiary/aromatic N) is 2. The molecule has 0 unspecified atom stereocenters. The lowest BCUT2D eigenvalue weighted by Crippen LogP contribution is -2.34. The molecule has 6 nitrogen and oxygen atoms in total. The number of hydrogen-bond acceptors (Lipinski definition) is 5. The number of aryl methyl sites for hydroxylation is 2. The van der Waals surface area contributed by atoms with Crippen LogP contribution in [0.1, 0.15) is 34.0 Å². The van der Waals surface area contributed by atoms with Gasteiger partial charge in [-0.05, 0) is 62.6 Å². The highest BCUT2D eigenvalue weighted by molar-refractivity contribution is 7.92. The summed E-state index contributed by atoms with van der Waals surface area (Å²) in [6.07, 6.45) is 1.78. The molecule has 1 aliphatic heterocycles. The number of amides is 1. The SMILES string of the molecule is Cc1ccc(C)c(-c2csc(NC(=O)c3ccc4c(c3)C[C@H](C)N4S(C)(=O)=O)n2)c1. The van der Waals surface area contributed by atoms with Gasteiger partial charge in [-0.1, -0.05) is 17.7 Å². The number of sulfonamides is 1. The number of carbonyl (C=O) groups excluding carboxylic acids is 1. The Bertz CT molecular complexity index is 1250. The standard InChI is InChI=1S/C22H23N3O3S2/c1-13-5-6-14(2)18(9-13)19-12-29-22(23-19)24-21(26)16-7-8-20-17(11-16)10-15(3)25(20)30(4,27)28/h5-9,11-12,15H,10H2,1-4H3,(H,23,24,26)/t15-/m0/s1. The van der Waals surface area contributed by atoms with E-state index in [9.17, 15) is 13.2 Å². The number of anilines is 2. The van der Waals surface area contributed by atoms with Gasteiger partial charge in [-0.3, -0.25) is 14.4 Å². The van der Waals surface area contributed by atoms with Gasteiger partial charge in [0.25, 0.3) is 5.91 Å². The van der Waals surface area contributed by atoms with E-state index >= 15 is 0 Å². The van der Waals surface area contributed by atoms with Crippen molar-refractivity contribution in [3.8, 4) is 11.3 Å². The van der Waals surface area contributed by atoms with E-state index in [1.807, 2.05) is 26.2 Å². The molecule has 1 amide bonds. The predicted octanol–water partition coefficient (Wildman–Crippen LogP) is 4.39. The molecule has 156 valence electrons. The summed E-state index contributed by atoms with van der Waals surface area (Å²) >= 11 is 1.38. The number of fused-ring (bicyclic) bond motifs is 1. The number of thiazole rings is 1. The van der Waals surface area contributed by atoms with Crippen molar-refractivity contribution in [1.82, 2.24) is 4.98 Å². The molecule has 0 fully saturated rings. The van der Waals surface area contributed by atoms with Crippen LogP contribution >= 0.6 is 11.3 Å². The summed E-state index contributed by atoms with van der Waals surface area (Å²) < 4.78 is 25.6. The lowest BCUT2D eigenvalue weighted by atomic mass is 10.0. The lowest BCUT2D eigenvalue weighted by Gasteiger charge is -2.21. The molecule has 0 aliphatic carbocycles. The van der Waals surface area contributed by atoms with Crippen LogP contribution in [-0.4, -0.2) is 31.6 Å². The molecule has 1 atom stereocenters. The maximum atomic E-state index is 12.8. The Morgan fingerprint density at radius 2 is 1.97 bits per heavy atom. The van der Waals surface area contributed by atoms with E-state index in [0.29, 0.717) is 22.8 Å². The number of nitrogens with one attached hydrogen (secondary N) is 1. The van der Waals surface area contributed by atoms with Crippen molar-refractivity contribution >= 4 is 38.1 Å². The fourth-order valence-electron chi connectivity index (χ4n) is 3.89. The van der Waals surface area contributed by atoms with Gasteiger partial charge in [-0.25, -0.2) is 13.4 Å². The summed E-state index contributed by atoms with van der Waals surface area (Å²) in [5.41, 5.74) is 6.17. The average molecular weight is 442 g/mol. The Morgan fingerprint density at radius 1 is 1.20 bits per heavy atom. The summed E-state index contributed by atoms with van der Waals surface area (Å²) in [5, 5.41) is 5.33. The molecule has 30 heavy (non-hydrogen) atoms. The second kappa shape index (κ2) is 7.52. The van der Waals surface area contributed by atoms with Crippen LogP contribution in [0.25, 0.3) is 11.3 Å². The highest BCUT2D eigenvalue weighted by Gasteiger charge is 2.32. The van der Waals surface area contributed by atoms with Crippen LogP contribution in [0, 0.1) is 13.8 Å². The fourth-order valence-corrected chi connectivity index (χ4v) is 5.85. The normalized spacial score (nSPS) is 15.9. The minimum atomic E-state index is -3.35. The van der Waals surface area contributed by atoms with Crippen molar-refractivity contribution in [3.63, 3.8) is 0 Å². The highest BCUT2D eigenvalue weighted by atomic mass is 32.2. The molecule has 0 bridgehead atoms. The van der Waals surface area contributed by atoms with Gasteiger partial charge in [0.05, 0.1) is 17.6 Å². The molecular weight excluding hydrogens is 418 g/mol. The number of hydrogen-bond donors (Lipinski definition) is 1. The minimum Gasteiger partial charge on any atom is -0.298 e. The average Bonchev–Trinajstić information content (AvgIpc) is 3.25. The Hall–Kier alpha value is -2.71. The molecule has 1 aliphatic rings. The first kappa shape index (κ1) is 20.6. The monoisotopic (exact) mass is 441 g/mol. The van der Waals surface area contributed by atoms with Crippen molar-refractivity contribution < 1.29 is 13.2 Å². The fraction of sp³-hybridized carbons (Fsp3) is 0.273. The first-order valence-electron chi connectivity index (χ1n) is 9.60. The van der Waals surface area contributed by atoms with Gasteiger partial charge in [-0.2, -0.15) is 0 Å². The summed E-state index contributed by atoms with van der Waals surface area (Å²) in [7, 11) is -3.35. The van der Waals surface area contributed by atoms with Crippen LogP contribution in [0.3, 0.4) is 0 Å². The second-order valence-corrected chi connectivity index (χ2v) is 10.5. The zero-order chi connectivity index (χ0) is 21.6. The Balaban J connectivity index is 1.55. The van der Waals surface area contributed by atoms with E-state index in [1.54, 1.807) is 18.2 Å². The smallest absolute Gasteiger partial charge is 0.257 e. The summed E-state index contributed by atoms with van der Waals surface area (Å²) in [4.78, 5) is 17.3. The topological polar surface area (TPSA) is 79.4 Å². The number of rotatable bonds is 4. The van der Waals surface area contributed by atoms with Crippen molar-refractivity contribution in [3.05, 3.63) is 64.0 Å². The largest absolute Gasteiger partial charge is 0.298 e. The molecule has 0 saturated carbocycles. The molecule has 0 saturated heterocycles. The molecule has 2 heterocycles. The predicted molar refractivity (Wildman–Crippen MR) is 122 cm³/mol. The number of aromatic nitrogens is 1. The molecule has 3 aromatic rings. The highest BCUT2D eigenvalue weighted by Crippen LogP contribution is 2.35. The molecule has 2 aromatic carbocycles. The van der Waals surface area contributed by atoms with Gasteiger partial charge in [-0.15, -0.1) is 11.3 Å². The van der Waals surface area contributed by atoms with Gasteiger partial charge in [0.2, 0.25) is 10.0 Å². The van der Waals surface area contributed by atoms with Crippen LogP contribution < -0.4 is 9.62 Å². The Labute approximate surface area is 180 Å². The first-order valence-corrected chi connectivity index (χ1v) is 12.3. The van der Waals surface area contributed by atoms with Crippen molar-refractivity contribution in [1.29, 1.82) is 0 Å². The second-order valence-electron chi connectivity index (χ2n) is 7.77. The lowest BCUT2D eigenvalue weighted by molar-refractivity contribution is 0.102. The van der Waals surface area contributed by atoms with Crippen LogP contribution in [0.15, 0.2) is 41.8 Å². The van der Waals surface area contributed by atoms with E-state index in [-0.39, 0.29) is 11.9 Å². The van der Waals surface area contributed by atoms with Gasteiger partial charge in [0, 0.05) is 22.5 Å². The van der Waals surface area contributed by atoms with E-state index in [2.05, 4.69) is 28.5 Å². The summed E-state index contributed by atoms with van der Waals surface area (Å²) in [6.45, 7) is 5.94. The molecule has 4 rings (SSSR count). The third-order valence-electron chi connectivity index (χ3n) is 5.25. The molecule has 0 spiro atoms. The number of carbonyl (C=O) groups is 1. The third-order valence-corrected chi connectivity index (χ3v) is 7.27. The van der Waals surface area contributed by atoms with E-state index < -0.39 is 10.0 Å².